The van der Waals surface area contributed by atoms with Gasteiger partial charge in [-0.25, -0.2) is 0 Å². The summed E-state index contributed by atoms with van der Waals surface area (Å²) in [6.07, 6.45) is 0. The van der Waals surface area contributed by atoms with Crippen LogP contribution in [0.25, 0.3) is 22.3 Å². The molecule has 0 amide bonds. The molecular formula is C19H17NO4. The van der Waals surface area contributed by atoms with Crippen molar-refractivity contribution in [1.29, 1.82) is 0 Å². The summed E-state index contributed by atoms with van der Waals surface area (Å²) in [7, 11) is 3.88. The standard InChI is InChI=1S/C19H17NO4/c1-12(21)23-19-17(22)15-6-4-5-7-16(15)24-18(19)13-8-10-14(11-9-13)20(2)3/h4-11H,1-3H3. The molecule has 0 unspecified atom stereocenters. The predicted octanol–water partition coefficient (Wildman–Crippen LogP) is 3.45. The highest BCUT2D eigenvalue weighted by atomic mass is 16.5. The van der Waals surface area contributed by atoms with Crippen LogP contribution in [-0.2, 0) is 4.79 Å². The molecule has 0 spiro atoms. The van der Waals surface area contributed by atoms with Gasteiger partial charge < -0.3 is 14.1 Å². The molecule has 0 aliphatic carbocycles. The second-order valence-corrected chi connectivity index (χ2v) is 5.62. The molecule has 1 heterocycles. The molecule has 0 aliphatic heterocycles. The Bertz CT molecular complexity index is 955. The summed E-state index contributed by atoms with van der Waals surface area (Å²) in [5, 5.41) is 0.377. The number of carbonyl (C=O) groups excluding carboxylic acids is 1. The van der Waals surface area contributed by atoms with Crippen LogP contribution in [0.3, 0.4) is 0 Å². The number of esters is 1. The fourth-order valence-corrected chi connectivity index (χ4v) is 2.46. The van der Waals surface area contributed by atoms with Crippen molar-refractivity contribution >= 4 is 22.6 Å². The first-order chi connectivity index (χ1) is 11.5. The number of carbonyl (C=O) groups is 1. The highest BCUT2D eigenvalue weighted by Crippen LogP contribution is 2.31. The molecule has 0 saturated carbocycles. The molecule has 0 fully saturated rings. The summed E-state index contributed by atoms with van der Waals surface area (Å²) in [6.45, 7) is 1.26. The lowest BCUT2D eigenvalue weighted by atomic mass is 10.1. The summed E-state index contributed by atoms with van der Waals surface area (Å²) in [6, 6.07) is 14.4. The molecule has 0 aliphatic rings. The average molecular weight is 323 g/mol. The molecule has 5 heteroatoms. The van der Waals surface area contributed by atoms with E-state index in [0.29, 0.717) is 16.5 Å². The zero-order chi connectivity index (χ0) is 17.3. The number of hydrogen-bond donors (Lipinski definition) is 0. The van der Waals surface area contributed by atoms with Crippen molar-refractivity contribution in [2.75, 3.05) is 19.0 Å². The Morgan fingerprint density at radius 1 is 1.04 bits per heavy atom. The number of hydrogen-bond acceptors (Lipinski definition) is 5. The summed E-state index contributed by atoms with van der Waals surface area (Å²) in [4.78, 5) is 26.1. The van der Waals surface area contributed by atoms with E-state index in [4.69, 9.17) is 9.15 Å². The predicted molar refractivity (Wildman–Crippen MR) is 93.6 cm³/mol. The van der Waals surface area contributed by atoms with Crippen molar-refractivity contribution in [3.63, 3.8) is 0 Å². The minimum Gasteiger partial charge on any atom is -0.452 e. The van der Waals surface area contributed by atoms with Crippen molar-refractivity contribution in [3.05, 3.63) is 58.8 Å². The van der Waals surface area contributed by atoms with Crippen LogP contribution >= 0.6 is 0 Å². The van der Waals surface area contributed by atoms with E-state index in [-0.39, 0.29) is 16.9 Å². The topological polar surface area (TPSA) is 59.8 Å². The normalized spacial score (nSPS) is 10.6. The lowest BCUT2D eigenvalue weighted by molar-refractivity contribution is -0.131. The smallest absolute Gasteiger partial charge is 0.308 e. The molecule has 3 aromatic rings. The van der Waals surface area contributed by atoms with Gasteiger partial charge in [0.2, 0.25) is 11.2 Å². The van der Waals surface area contributed by atoms with Gasteiger partial charge in [0.05, 0.1) is 5.39 Å². The molecule has 0 N–H and O–H groups in total. The highest BCUT2D eigenvalue weighted by Gasteiger charge is 2.19. The number of rotatable bonds is 3. The van der Waals surface area contributed by atoms with Crippen LogP contribution in [0.2, 0.25) is 0 Å². The zero-order valence-corrected chi connectivity index (χ0v) is 13.7. The Kier molecular flexibility index (Phi) is 4.08. The van der Waals surface area contributed by atoms with Gasteiger partial charge in [0.25, 0.3) is 0 Å². The fourth-order valence-electron chi connectivity index (χ4n) is 2.46. The van der Waals surface area contributed by atoms with Crippen LogP contribution in [-0.4, -0.2) is 20.1 Å². The quantitative estimate of drug-likeness (QED) is 0.691. The van der Waals surface area contributed by atoms with E-state index in [0.717, 1.165) is 5.69 Å². The van der Waals surface area contributed by atoms with Gasteiger partial charge >= 0.3 is 5.97 Å². The minimum atomic E-state index is -0.566. The van der Waals surface area contributed by atoms with Gasteiger partial charge in [-0.2, -0.15) is 0 Å². The lowest BCUT2D eigenvalue weighted by Gasteiger charge is -2.13. The number of fused-ring (bicyclic) bond motifs is 1. The Labute approximate surface area is 139 Å². The van der Waals surface area contributed by atoms with E-state index in [1.165, 1.54) is 6.92 Å². The van der Waals surface area contributed by atoms with Gasteiger partial charge in [0.1, 0.15) is 5.58 Å². The van der Waals surface area contributed by atoms with E-state index in [9.17, 15) is 9.59 Å². The van der Waals surface area contributed by atoms with Crippen LogP contribution in [0.1, 0.15) is 6.92 Å². The van der Waals surface area contributed by atoms with Crippen molar-refractivity contribution < 1.29 is 13.9 Å². The molecule has 122 valence electrons. The van der Waals surface area contributed by atoms with Gasteiger partial charge in [0.15, 0.2) is 5.76 Å². The maximum atomic E-state index is 12.7. The molecule has 5 nitrogen and oxygen atoms in total. The fraction of sp³-hybridized carbons (Fsp3) is 0.158. The average Bonchev–Trinajstić information content (AvgIpc) is 2.57. The molecule has 2 aromatic carbocycles. The molecule has 0 atom stereocenters. The molecule has 0 bridgehead atoms. The largest absolute Gasteiger partial charge is 0.452 e. The molecule has 1 aromatic heterocycles. The highest BCUT2D eigenvalue weighted by molar-refractivity contribution is 5.84. The number of para-hydroxylation sites is 1. The maximum Gasteiger partial charge on any atom is 0.308 e. The van der Waals surface area contributed by atoms with E-state index in [1.54, 1.807) is 24.3 Å². The molecule has 3 rings (SSSR count). The van der Waals surface area contributed by atoms with Gasteiger partial charge in [-0.15, -0.1) is 0 Å². The lowest BCUT2D eigenvalue weighted by Crippen LogP contribution is -2.13. The summed E-state index contributed by atoms with van der Waals surface area (Å²) in [5.74, 6) is -0.401. The number of ether oxygens (including phenoxy) is 1. The first-order valence-corrected chi connectivity index (χ1v) is 7.49. The Balaban J connectivity index is 2.25. The Morgan fingerprint density at radius 3 is 2.33 bits per heavy atom. The van der Waals surface area contributed by atoms with Crippen LogP contribution in [0.4, 0.5) is 5.69 Å². The zero-order valence-electron chi connectivity index (χ0n) is 13.7. The number of benzene rings is 2. The Morgan fingerprint density at radius 2 is 1.71 bits per heavy atom. The van der Waals surface area contributed by atoms with Crippen LogP contribution in [0.5, 0.6) is 5.75 Å². The van der Waals surface area contributed by atoms with Gasteiger partial charge in [-0.05, 0) is 36.4 Å². The third-order valence-corrected chi connectivity index (χ3v) is 3.65. The minimum absolute atomic E-state index is 0.0844. The summed E-state index contributed by atoms with van der Waals surface area (Å²) < 4.78 is 11.0. The van der Waals surface area contributed by atoms with Gasteiger partial charge in [-0.3, -0.25) is 9.59 Å². The third-order valence-electron chi connectivity index (χ3n) is 3.65. The number of nitrogens with zero attached hydrogens (tertiary/aromatic N) is 1. The van der Waals surface area contributed by atoms with Crippen LogP contribution in [0, 0.1) is 0 Å². The third kappa shape index (κ3) is 2.88. The van der Waals surface area contributed by atoms with Crippen molar-refractivity contribution in [3.8, 4) is 17.1 Å². The maximum absolute atomic E-state index is 12.7. The number of anilines is 1. The molecular weight excluding hydrogens is 306 g/mol. The monoisotopic (exact) mass is 323 g/mol. The first-order valence-electron chi connectivity index (χ1n) is 7.49. The SMILES string of the molecule is CC(=O)Oc1c(-c2ccc(N(C)C)cc2)oc2ccccc2c1=O. The molecule has 24 heavy (non-hydrogen) atoms. The second-order valence-electron chi connectivity index (χ2n) is 5.62. The second kappa shape index (κ2) is 6.20. The van der Waals surface area contributed by atoms with E-state index in [2.05, 4.69) is 0 Å². The summed E-state index contributed by atoms with van der Waals surface area (Å²) >= 11 is 0. The van der Waals surface area contributed by atoms with E-state index in [1.807, 2.05) is 43.3 Å². The van der Waals surface area contributed by atoms with E-state index >= 15 is 0 Å². The van der Waals surface area contributed by atoms with Gasteiger partial charge in [-0.1, -0.05) is 12.1 Å². The van der Waals surface area contributed by atoms with E-state index < -0.39 is 5.97 Å². The molecule has 0 radical (unpaired) electrons. The van der Waals surface area contributed by atoms with Crippen molar-refractivity contribution in [1.82, 2.24) is 0 Å². The van der Waals surface area contributed by atoms with Crippen LogP contribution in [0.15, 0.2) is 57.7 Å². The Hall–Kier alpha value is -3.08. The first kappa shape index (κ1) is 15.8. The van der Waals surface area contributed by atoms with Crippen molar-refractivity contribution in [2.45, 2.75) is 6.92 Å². The van der Waals surface area contributed by atoms with Crippen molar-refractivity contribution in [2.24, 2.45) is 0 Å². The van der Waals surface area contributed by atoms with Crippen LogP contribution < -0.4 is 15.1 Å². The summed E-state index contributed by atoms with van der Waals surface area (Å²) in [5.41, 5.74) is 1.76. The molecule has 0 saturated heterocycles. The van der Waals surface area contributed by atoms with Gasteiger partial charge in [0, 0.05) is 32.3 Å².